The molecule has 0 fully saturated rings. The van der Waals surface area contributed by atoms with E-state index in [-0.39, 0.29) is 34.4 Å². The SMILES string of the molecule is CN(C)C(CNc1cc2nc[nH]c(=O)c2cc1[N+](=O)[O-])c1c(F)cccc1F. The van der Waals surface area contributed by atoms with Crippen LogP contribution >= 0.6 is 0 Å². The summed E-state index contributed by atoms with van der Waals surface area (Å²) in [4.78, 5) is 30.6. The molecule has 3 rings (SSSR count). The highest BCUT2D eigenvalue weighted by Gasteiger charge is 2.24. The van der Waals surface area contributed by atoms with Crippen molar-refractivity contribution in [1.82, 2.24) is 14.9 Å². The zero-order valence-corrected chi connectivity index (χ0v) is 15.1. The third kappa shape index (κ3) is 3.67. The van der Waals surface area contributed by atoms with Gasteiger partial charge in [-0.1, -0.05) is 6.07 Å². The molecule has 3 aromatic rings. The Morgan fingerprint density at radius 2 is 1.96 bits per heavy atom. The van der Waals surface area contributed by atoms with Gasteiger partial charge in [0.2, 0.25) is 0 Å². The Balaban J connectivity index is 2.00. The lowest BCUT2D eigenvalue weighted by Gasteiger charge is -2.26. The smallest absolute Gasteiger partial charge is 0.293 e. The Morgan fingerprint density at radius 1 is 1.29 bits per heavy atom. The quantitative estimate of drug-likeness (QED) is 0.496. The van der Waals surface area contributed by atoms with Crippen LogP contribution in [0, 0.1) is 21.7 Å². The molecule has 0 aliphatic rings. The van der Waals surface area contributed by atoms with Crippen LogP contribution in [0.15, 0.2) is 41.5 Å². The molecule has 0 aliphatic carbocycles. The van der Waals surface area contributed by atoms with Gasteiger partial charge in [-0.2, -0.15) is 0 Å². The number of likely N-dealkylation sites (N-methyl/N-ethyl adjacent to an activating group) is 1. The normalized spacial score (nSPS) is 12.3. The minimum absolute atomic E-state index is 0.0135. The Labute approximate surface area is 158 Å². The van der Waals surface area contributed by atoms with E-state index < -0.39 is 28.2 Å². The molecule has 1 unspecified atom stereocenters. The van der Waals surface area contributed by atoms with E-state index in [1.165, 1.54) is 18.5 Å². The summed E-state index contributed by atoms with van der Waals surface area (Å²) in [5.74, 6) is -1.41. The van der Waals surface area contributed by atoms with Gasteiger partial charge in [-0.3, -0.25) is 14.9 Å². The third-order valence-electron chi connectivity index (χ3n) is 4.40. The Hall–Kier alpha value is -3.40. The zero-order valence-electron chi connectivity index (χ0n) is 15.1. The topological polar surface area (TPSA) is 104 Å². The van der Waals surface area contributed by atoms with Crippen LogP contribution in [0.3, 0.4) is 0 Å². The number of H-pyrrole nitrogens is 1. The second kappa shape index (κ2) is 7.69. The predicted octanol–water partition coefficient (Wildman–Crippen LogP) is 2.82. The molecule has 2 aromatic carbocycles. The Morgan fingerprint density at radius 3 is 2.57 bits per heavy atom. The average Bonchev–Trinajstić information content (AvgIpc) is 2.63. The van der Waals surface area contributed by atoms with Crippen molar-refractivity contribution in [1.29, 1.82) is 0 Å². The van der Waals surface area contributed by atoms with Crippen molar-refractivity contribution in [3.05, 3.63) is 74.3 Å². The maximum Gasteiger partial charge on any atom is 0.293 e. The molecule has 0 aliphatic heterocycles. The number of nitrogens with one attached hydrogen (secondary N) is 2. The molecule has 0 bridgehead atoms. The highest BCUT2D eigenvalue weighted by atomic mass is 19.1. The molecular formula is C18H17F2N5O3. The number of hydrogen-bond acceptors (Lipinski definition) is 6. The second-order valence-corrected chi connectivity index (χ2v) is 6.37. The van der Waals surface area contributed by atoms with Gasteiger partial charge in [-0.15, -0.1) is 0 Å². The van der Waals surface area contributed by atoms with E-state index in [1.807, 2.05) is 0 Å². The first kappa shape index (κ1) is 19.4. The molecule has 1 heterocycles. The van der Waals surface area contributed by atoms with Gasteiger partial charge in [0.25, 0.3) is 11.2 Å². The zero-order chi connectivity index (χ0) is 20.4. The predicted molar refractivity (Wildman–Crippen MR) is 100 cm³/mol. The van der Waals surface area contributed by atoms with Gasteiger partial charge >= 0.3 is 0 Å². The number of halogens is 2. The molecule has 0 radical (unpaired) electrons. The summed E-state index contributed by atoms with van der Waals surface area (Å²) in [7, 11) is 3.29. The first-order chi connectivity index (χ1) is 13.3. The van der Waals surface area contributed by atoms with E-state index in [1.54, 1.807) is 19.0 Å². The highest BCUT2D eigenvalue weighted by Crippen LogP contribution is 2.30. The molecule has 0 saturated carbocycles. The lowest BCUT2D eigenvalue weighted by molar-refractivity contribution is -0.383. The third-order valence-corrected chi connectivity index (χ3v) is 4.40. The maximum absolute atomic E-state index is 14.2. The van der Waals surface area contributed by atoms with Gasteiger partial charge in [0.1, 0.15) is 17.3 Å². The molecule has 0 spiro atoms. The van der Waals surface area contributed by atoms with E-state index in [2.05, 4.69) is 15.3 Å². The van der Waals surface area contributed by atoms with E-state index in [4.69, 9.17) is 0 Å². The fraction of sp³-hybridized carbons (Fsp3) is 0.222. The number of nitrogens with zero attached hydrogens (tertiary/aromatic N) is 3. The summed E-state index contributed by atoms with van der Waals surface area (Å²) in [5.41, 5.74) is -0.621. The maximum atomic E-state index is 14.2. The number of fused-ring (bicyclic) bond motifs is 1. The summed E-state index contributed by atoms with van der Waals surface area (Å²) in [6.45, 7) is -0.0135. The standard InChI is InChI=1S/C18H17F2N5O3/c1-24(2)16(17-11(19)4-3-5-12(17)20)8-21-14-7-13-10(6-15(14)25(27)28)18(26)23-9-22-13/h3-7,9,16,21H,8H2,1-2H3,(H,22,23,26). The lowest BCUT2D eigenvalue weighted by atomic mass is 10.0. The van der Waals surface area contributed by atoms with Gasteiger partial charge in [-0.25, -0.2) is 13.8 Å². The Bertz CT molecular complexity index is 1080. The fourth-order valence-electron chi connectivity index (χ4n) is 2.97. The Kier molecular flexibility index (Phi) is 5.32. The highest BCUT2D eigenvalue weighted by molar-refractivity contribution is 5.86. The van der Waals surface area contributed by atoms with Crippen LogP contribution in [-0.2, 0) is 0 Å². The largest absolute Gasteiger partial charge is 0.378 e. The molecule has 0 saturated heterocycles. The first-order valence-electron chi connectivity index (χ1n) is 8.29. The van der Waals surface area contributed by atoms with Gasteiger partial charge in [-0.05, 0) is 32.3 Å². The number of benzene rings is 2. The van der Waals surface area contributed by atoms with Crippen molar-refractivity contribution < 1.29 is 13.7 Å². The summed E-state index contributed by atoms with van der Waals surface area (Å²) >= 11 is 0. The van der Waals surface area contributed by atoms with Crippen molar-refractivity contribution >= 4 is 22.3 Å². The van der Waals surface area contributed by atoms with Crippen LogP contribution in [0.2, 0.25) is 0 Å². The van der Waals surface area contributed by atoms with Gasteiger partial charge in [0.05, 0.1) is 28.2 Å². The number of nitro groups is 1. The van der Waals surface area contributed by atoms with Gasteiger partial charge < -0.3 is 15.2 Å². The van der Waals surface area contributed by atoms with Crippen molar-refractivity contribution in [3.8, 4) is 0 Å². The summed E-state index contributed by atoms with van der Waals surface area (Å²) in [6, 6.07) is 5.34. The van der Waals surface area contributed by atoms with Gasteiger partial charge in [0, 0.05) is 18.2 Å². The van der Waals surface area contributed by atoms with E-state index in [9.17, 15) is 23.7 Å². The van der Waals surface area contributed by atoms with Crippen LogP contribution in [0.4, 0.5) is 20.2 Å². The van der Waals surface area contributed by atoms with E-state index in [0.29, 0.717) is 0 Å². The molecular weight excluding hydrogens is 372 g/mol. The molecule has 10 heteroatoms. The number of aromatic amines is 1. The number of rotatable bonds is 6. The summed E-state index contributed by atoms with van der Waals surface area (Å²) in [5, 5.41) is 14.4. The molecule has 0 amide bonds. The van der Waals surface area contributed by atoms with Crippen LogP contribution in [0.5, 0.6) is 0 Å². The second-order valence-electron chi connectivity index (χ2n) is 6.37. The first-order valence-corrected chi connectivity index (χ1v) is 8.29. The van der Waals surface area contributed by atoms with Crippen LogP contribution in [0.1, 0.15) is 11.6 Å². The minimum Gasteiger partial charge on any atom is -0.378 e. The lowest BCUT2D eigenvalue weighted by Crippen LogP contribution is -2.28. The van der Waals surface area contributed by atoms with Crippen LogP contribution in [-0.4, -0.2) is 40.4 Å². The molecule has 1 atom stereocenters. The molecule has 28 heavy (non-hydrogen) atoms. The number of anilines is 1. The minimum atomic E-state index is -0.733. The number of aromatic nitrogens is 2. The number of nitro benzene ring substituents is 1. The monoisotopic (exact) mass is 389 g/mol. The summed E-state index contributed by atoms with van der Waals surface area (Å²) in [6.07, 6.45) is 1.19. The van der Waals surface area contributed by atoms with E-state index in [0.717, 1.165) is 18.2 Å². The van der Waals surface area contributed by atoms with Crippen LogP contribution in [0.25, 0.3) is 10.9 Å². The van der Waals surface area contributed by atoms with Gasteiger partial charge in [0.15, 0.2) is 0 Å². The fourth-order valence-corrected chi connectivity index (χ4v) is 2.97. The van der Waals surface area contributed by atoms with Crippen molar-refractivity contribution in [2.75, 3.05) is 26.0 Å². The number of hydrogen-bond donors (Lipinski definition) is 2. The van der Waals surface area contributed by atoms with E-state index >= 15 is 0 Å². The molecule has 146 valence electrons. The van der Waals surface area contributed by atoms with Crippen LogP contribution < -0.4 is 10.9 Å². The van der Waals surface area contributed by atoms with Crippen molar-refractivity contribution in [3.63, 3.8) is 0 Å². The molecule has 1 aromatic heterocycles. The molecule has 2 N–H and O–H groups in total. The summed E-state index contributed by atoms with van der Waals surface area (Å²) < 4.78 is 28.4. The van der Waals surface area contributed by atoms with Crippen molar-refractivity contribution in [2.45, 2.75) is 6.04 Å². The average molecular weight is 389 g/mol. The van der Waals surface area contributed by atoms with Crippen molar-refractivity contribution in [2.24, 2.45) is 0 Å². The molecule has 8 nitrogen and oxygen atoms in total.